The van der Waals surface area contributed by atoms with Crippen molar-refractivity contribution >= 4 is 45.0 Å². The van der Waals surface area contributed by atoms with Crippen LogP contribution in [0.4, 0.5) is 0 Å². The highest BCUT2D eigenvalue weighted by atomic mass is 27.0. The Labute approximate surface area is 91.4 Å². The van der Waals surface area contributed by atoms with E-state index in [1.165, 1.54) is 32.2 Å². The molecule has 3 rings (SSSR count). The maximum absolute atomic E-state index is 3.20. The van der Waals surface area contributed by atoms with Crippen molar-refractivity contribution in [3.05, 3.63) is 39.3 Å². The first-order chi connectivity index (χ1) is 6.79. The maximum atomic E-state index is 3.20. The fourth-order valence-corrected chi connectivity index (χ4v) is 3.09. The molecule has 0 nitrogen and oxygen atoms in total. The lowest BCUT2D eigenvalue weighted by atomic mass is 9.95. The first-order valence-corrected chi connectivity index (χ1v) is 5.81. The first-order valence-electron chi connectivity index (χ1n) is 4.81. The Hall–Kier alpha value is -1.21. The van der Waals surface area contributed by atoms with Crippen LogP contribution in [0.2, 0.25) is 0 Å². The van der Waals surface area contributed by atoms with Crippen LogP contribution in [0.1, 0.15) is 27.8 Å². The number of rotatable bonds is 0. The molecule has 0 bridgehead atoms. The van der Waals surface area contributed by atoms with E-state index in [-0.39, 0.29) is 0 Å². The molecule has 0 aromatic heterocycles. The normalized spacial score (nSPS) is 13.8. The fraction of sp³-hybridized carbons (Fsp3) is 0.0769. The monoisotopic (exact) mass is 192 g/mol. The second-order valence-corrected chi connectivity index (χ2v) is 4.82. The van der Waals surface area contributed by atoms with Gasteiger partial charge >= 0.3 is 0 Å². The third kappa shape index (κ3) is 0.855. The molecule has 0 fully saturated rings. The van der Waals surface area contributed by atoms with Crippen molar-refractivity contribution in [3.63, 3.8) is 0 Å². The van der Waals surface area contributed by atoms with E-state index in [9.17, 15) is 0 Å². The quantitative estimate of drug-likeness (QED) is 0.374. The lowest BCUT2D eigenvalue weighted by molar-refractivity contribution is 1.42. The summed E-state index contributed by atoms with van der Waals surface area (Å²) >= 11 is 1.09. The second-order valence-electron chi connectivity index (χ2n) is 3.82. The van der Waals surface area contributed by atoms with Crippen molar-refractivity contribution in [2.45, 2.75) is 6.92 Å². The van der Waals surface area contributed by atoms with Crippen molar-refractivity contribution in [2.75, 3.05) is 0 Å². The molecule has 0 heterocycles. The summed E-state index contributed by atoms with van der Waals surface area (Å²) in [4.78, 5) is 0. The summed E-state index contributed by atoms with van der Waals surface area (Å²) in [6.45, 7) is 2.19. The molecule has 1 aromatic carbocycles. The summed E-state index contributed by atoms with van der Waals surface area (Å²) in [6.07, 6.45) is 8.41. The van der Waals surface area contributed by atoms with Crippen LogP contribution >= 0.6 is 0 Å². The van der Waals surface area contributed by atoms with Gasteiger partial charge in [0, 0.05) is 0 Å². The Kier molecular flexibility index (Phi) is 1.54. The number of fused-ring (bicyclic) bond motifs is 2. The molecule has 0 saturated heterocycles. The van der Waals surface area contributed by atoms with Gasteiger partial charge in [0.2, 0.25) is 0 Å². The molecule has 0 atom stereocenters. The van der Waals surface area contributed by atoms with Crippen LogP contribution in [-0.4, -0.2) is 16.3 Å². The first kappa shape index (κ1) is 8.13. The standard InChI is InChI=1S/C13H7.Al.2H/c1-9-12-6-2-4-10(12)8-11-5-3-7-13(9)11;;;/h4-7H,1H3;;;. The molecule has 1 aromatic rings. The van der Waals surface area contributed by atoms with Crippen LogP contribution in [0, 0.1) is 6.92 Å². The number of benzene rings is 1. The van der Waals surface area contributed by atoms with Gasteiger partial charge in [-0.2, -0.15) is 0 Å². The summed E-state index contributed by atoms with van der Waals surface area (Å²) < 4.78 is 1.49. The van der Waals surface area contributed by atoms with Crippen LogP contribution in [0.3, 0.4) is 0 Å². The van der Waals surface area contributed by atoms with Crippen LogP contribution in [0.5, 0.6) is 0 Å². The Morgan fingerprint density at radius 3 is 1.79 bits per heavy atom. The molecule has 0 saturated carbocycles. The molecular weight excluding hydrogens is 183 g/mol. The Balaban J connectivity index is 2.48. The van der Waals surface area contributed by atoms with E-state index >= 15 is 0 Å². The van der Waals surface area contributed by atoms with E-state index in [4.69, 9.17) is 0 Å². The van der Waals surface area contributed by atoms with Crippen molar-refractivity contribution < 1.29 is 0 Å². The average Bonchev–Trinajstić information content (AvgIpc) is 2.82. The van der Waals surface area contributed by atoms with Gasteiger partial charge in [-0.05, 0) is 59.0 Å². The molecule has 2 aliphatic carbocycles. The summed E-state index contributed by atoms with van der Waals surface area (Å²) in [5, 5.41) is 0. The van der Waals surface area contributed by atoms with Crippen molar-refractivity contribution in [1.82, 2.24) is 0 Å². The average molecular weight is 192 g/mol. The molecule has 64 valence electrons. The van der Waals surface area contributed by atoms with E-state index in [1.54, 1.807) is 0 Å². The van der Waals surface area contributed by atoms with Gasteiger partial charge in [-0.1, -0.05) is 0 Å². The van der Waals surface area contributed by atoms with Gasteiger partial charge in [-0.3, -0.25) is 0 Å². The SMILES string of the molecule is Cc1c2c([c]([AlH2])c3c1C=C=C3)C=C=C2. The van der Waals surface area contributed by atoms with Crippen LogP contribution in [0.25, 0.3) is 24.3 Å². The van der Waals surface area contributed by atoms with E-state index in [1.807, 2.05) is 0 Å². The van der Waals surface area contributed by atoms with Gasteiger partial charge in [-0.25, -0.2) is 0 Å². The maximum Gasteiger partial charge on any atom is 0.260 e. The third-order valence-electron chi connectivity index (χ3n) is 3.11. The molecule has 2 aliphatic rings. The Morgan fingerprint density at radius 1 is 0.857 bits per heavy atom. The van der Waals surface area contributed by atoms with E-state index in [2.05, 4.69) is 42.7 Å². The minimum Gasteiger partial charge on any atom is -0.120 e. The molecule has 0 radical (unpaired) electrons. The predicted octanol–water partition coefficient (Wildman–Crippen LogP) is 1.53. The zero-order valence-electron chi connectivity index (χ0n) is 8.31. The van der Waals surface area contributed by atoms with Gasteiger partial charge in [0.1, 0.15) is 0 Å². The topological polar surface area (TPSA) is 0 Å². The summed E-state index contributed by atoms with van der Waals surface area (Å²) in [5.74, 6) is 0. The zero-order chi connectivity index (χ0) is 9.71. The minimum absolute atomic E-state index is 1.09. The Bertz CT molecular complexity index is 482. The zero-order valence-corrected chi connectivity index (χ0v) is 10.3. The van der Waals surface area contributed by atoms with Crippen molar-refractivity contribution in [2.24, 2.45) is 0 Å². The molecule has 0 N–H and O–H groups in total. The molecule has 0 amide bonds. The van der Waals surface area contributed by atoms with Crippen molar-refractivity contribution in [1.29, 1.82) is 0 Å². The van der Waals surface area contributed by atoms with Gasteiger partial charge in [0.05, 0.1) is 0 Å². The van der Waals surface area contributed by atoms with Gasteiger partial charge in [-0.15, -0.1) is 15.9 Å². The van der Waals surface area contributed by atoms with Crippen LogP contribution < -0.4 is 4.43 Å². The lowest BCUT2D eigenvalue weighted by Crippen LogP contribution is -2.15. The number of hydrogen-bond acceptors (Lipinski definition) is 0. The largest absolute Gasteiger partial charge is 0.260 e. The lowest BCUT2D eigenvalue weighted by Gasteiger charge is -2.13. The van der Waals surface area contributed by atoms with E-state index in [0.717, 1.165) is 16.3 Å². The van der Waals surface area contributed by atoms with E-state index in [0.29, 0.717) is 0 Å². The van der Waals surface area contributed by atoms with Crippen molar-refractivity contribution in [3.8, 4) is 0 Å². The highest BCUT2D eigenvalue weighted by Gasteiger charge is 2.16. The number of hydrogen-bond donors (Lipinski definition) is 0. The smallest absolute Gasteiger partial charge is 0.120 e. The van der Waals surface area contributed by atoms with Gasteiger partial charge < -0.3 is 0 Å². The molecule has 1 heteroatoms. The highest BCUT2D eigenvalue weighted by Crippen LogP contribution is 2.29. The summed E-state index contributed by atoms with van der Waals surface area (Å²) in [7, 11) is 0. The summed E-state index contributed by atoms with van der Waals surface area (Å²) in [6, 6.07) is 0. The summed E-state index contributed by atoms with van der Waals surface area (Å²) in [5.41, 5.74) is 13.3. The minimum atomic E-state index is 1.09. The van der Waals surface area contributed by atoms with Crippen LogP contribution in [0.15, 0.2) is 11.5 Å². The molecule has 14 heavy (non-hydrogen) atoms. The molecule has 0 aliphatic heterocycles. The van der Waals surface area contributed by atoms with Gasteiger partial charge in [0.15, 0.2) is 0 Å². The van der Waals surface area contributed by atoms with Crippen LogP contribution in [-0.2, 0) is 0 Å². The highest BCUT2D eigenvalue weighted by molar-refractivity contribution is 6.37. The molecule has 0 unspecified atom stereocenters. The second kappa shape index (κ2) is 2.64. The molecule has 0 spiro atoms. The van der Waals surface area contributed by atoms with E-state index < -0.39 is 0 Å². The Morgan fingerprint density at radius 2 is 1.29 bits per heavy atom. The van der Waals surface area contributed by atoms with Gasteiger partial charge in [0.25, 0.3) is 16.3 Å². The third-order valence-corrected chi connectivity index (χ3v) is 4.18. The fourth-order valence-electron chi connectivity index (χ4n) is 2.26. The predicted molar refractivity (Wildman–Crippen MR) is 64.2 cm³/mol. The molecular formula is C13H9Al.